The summed E-state index contributed by atoms with van der Waals surface area (Å²) in [5.41, 5.74) is 8.59. The van der Waals surface area contributed by atoms with Crippen molar-refractivity contribution in [1.82, 2.24) is 14.7 Å². The van der Waals surface area contributed by atoms with E-state index in [9.17, 15) is 18.0 Å². The Bertz CT molecular complexity index is 1160. The number of carbonyl (C=O) groups is 1. The van der Waals surface area contributed by atoms with Crippen molar-refractivity contribution in [3.63, 3.8) is 0 Å². The first kappa shape index (κ1) is 22.2. The van der Waals surface area contributed by atoms with Crippen molar-refractivity contribution in [2.24, 2.45) is 12.8 Å². The Morgan fingerprint density at radius 3 is 2.69 bits per heavy atom. The highest BCUT2D eigenvalue weighted by molar-refractivity contribution is 6.35. The van der Waals surface area contributed by atoms with E-state index in [2.05, 4.69) is 5.10 Å². The maximum atomic E-state index is 13.8. The van der Waals surface area contributed by atoms with Crippen LogP contribution in [0, 0.1) is 11.6 Å². The molecule has 2 aromatic carbocycles. The fourth-order valence-corrected chi connectivity index (χ4v) is 4.22. The molecule has 32 heavy (non-hydrogen) atoms. The van der Waals surface area contributed by atoms with Gasteiger partial charge in [0.25, 0.3) is 5.91 Å². The molecule has 168 valence electrons. The van der Waals surface area contributed by atoms with Crippen LogP contribution in [0.25, 0.3) is 11.3 Å². The number of fused-ring (bicyclic) bond motifs is 1. The number of carbonyl (C=O) groups excluding carboxylic acids is 1. The van der Waals surface area contributed by atoms with Crippen LogP contribution >= 0.6 is 11.6 Å². The molecule has 1 aromatic heterocycles. The monoisotopic (exact) mass is 464 g/mol. The summed E-state index contributed by atoms with van der Waals surface area (Å²) in [7, 11) is 1.65. The number of alkyl halides is 1. The van der Waals surface area contributed by atoms with Gasteiger partial charge in [-0.15, -0.1) is 0 Å². The minimum atomic E-state index is -0.893. The van der Waals surface area contributed by atoms with Gasteiger partial charge in [0.1, 0.15) is 42.5 Å². The molecule has 0 saturated heterocycles. The standard InChI is InChI=1S/C22H20ClF3N4O2/c1-29-20(12-9-13(25)11-14(26)10-12)16-5-7-30(21(27)19(16)28-29)22(31)15-3-2-4-17(18(15)23)32-8-6-24/h2-4,9-11,21H,5-8,27H2,1H3/t21-/m1/s1. The molecule has 1 aliphatic heterocycles. The van der Waals surface area contributed by atoms with E-state index in [1.807, 2.05) is 0 Å². The van der Waals surface area contributed by atoms with E-state index in [0.29, 0.717) is 23.4 Å². The smallest absolute Gasteiger partial charge is 0.257 e. The van der Waals surface area contributed by atoms with Crippen molar-refractivity contribution >= 4 is 17.5 Å². The molecule has 0 aliphatic carbocycles. The van der Waals surface area contributed by atoms with E-state index < -0.39 is 30.4 Å². The topological polar surface area (TPSA) is 73.4 Å². The molecule has 0 radical (unpaired) electrons. The Kier molecular flexibility index (Phi) is 6.12. The first-order chi connectivity index (χ1) is 15.3. The number of rotatable bonds is 5. The van der Waals surface area contributed by atoms with Gasteiger partial charge in [-0.25, -0.2) is 13.2 Å². The first-order valence-corrected chi connectivity index (χ1v) is 10.3. The summed E-state index contributed by atoms with van der Waals surface area (Å²) in [5, 5.41) is 4.50. The minimum Gasteiger partial charge on any atom is -0.489 e. The molecule has 0 spiro atoms. The number of halogens is 4. The summed E-state index contributed by atoms with van der Waals surface area (Å²) in [6, 6.07) is 7.93. The lowest BCUT2D eigenvalue weighted by Gasteiger charge is -2.33. The second kappa shape index (κ2) is 8.84. The zero-order valence-corrected chi connectivity index (χ0v) is 17.9. The van der Waals surface area contributed by atoms with Gasteiger partial charge in [0.15, 0.2) is 0 Å². The van der Waals surface area contributed by atoms with Crippen LogP contribution in [0.4, 0.5) is 13.2 Å². The van der Waals surface area contributed by atoms with Gasteiger partial charge in [-0.2, -0.15) is 5.10 Å². The molecule has 0 fully saturated rings. The van der Waals surface area contributed by atoms with Crippen LogP contribution in [-0.2, 0) is 13.5 Å². The van der Waals surface area contributed by atoms with Crippen molar-refractivity contribution in [1.29, 1.82) is 0 Å². The third-order valence-corrected chi connectivity index (χ3v) is 5.71. The summed E-state index contributed by atoms with van der Waals surface area (Å²) in [6.45, 7) is -0.623. The molecule has 4 rings (SSSR count). The molecule has 6 nitrogen and oxygen atoms in total. The van der Waals surface area contributed by atoms with Gasteiger partial charge in [-0.1, -0.05) is 17.7 Å². The Morgan fingerprint density at radius 2 is 2.00 bits per heavy atom. The van der Waals surface area contributed by atoms with E-state index in [1.165, 1.54) is 27.8 Å². The van der Waals surface area contributed by atoms with Gasteiger partial charge < -0.3 is 15.4 Å². The molecular weight excluding hydrogens is 445 g/mol. The van der Waals surface area contributed by atoms with Crippen LogP contribution in [0.1, 0.15) is 27.8 Å². The highest BCUT2D eigenvalue weighted by Crippen LogP contribution is 2.36. The highest BCUT2D eigenvalue weighted by atomic mass is 35.5. The zero-order valence-electron chi connectivity index (χ0n) is 17.1. The Hall–Kier alpha value is -3.04. The molecule has 1 amide bonds. The molecular formula is C22H20ClF3N4O2. The third-order valence-electron chi connectivity index (χ3n) is 5.32. The fourth-order valence-electron chi connectivity index (χ4n) is 3.96. The van der Waals surface area contributed by atoms with Crippen molar-refractivity contribution in [3.8, 4) is 17.0 Å². The molecule has 3 aromatic rings. The number of nitrogens with two attached hydrogens (primary N) is 1. The highest BCUT2D eigenvalue weighted by Gasteiger charge is 2.35. The van der Waals surface area contributed by atoms with Crippen molar-refractivity contribution in [2.75, 3.05) is 19.8 Å². The average molecular weight is 465 g/mol. The summed E-state index contributed by atoms with van der Waals surface area (Å²) in [5.74, 6) is -1.62. The number of ether oxygens (including phenoxy) is 1. The van der Waals surface area contributed by atoms with E-state index in [-0.39, 0.29) is 29.5 Å². The molecule has 10 heteroatoms. The Labute approximate surface area is 187 Å². The van der Waals surface area contributed by atoms with Gasteiger partial charge in [-0.05, 0) is 30.7 Å². The van der Waals surface area contributed by atoms with Crippen LogP contribution in [-0.4, -0.2) is 40.4 Å². The number of benzene rings is 2. The Morgan fingerprint density at radius 1 is 1.28 bits per heavy atom. The molecule has 2 heterocycles. The van der Waals surface area contributed by atoms with Gasteiger partial charge >= 0.3 is 0 Å². The average Bonchev–Trinajstić information content (AvgIpc) is 3.09. The second-order valence-corrected chi connectivity index (χ2v) is 7.72. The fraction of sp³-hybridized carbons (Fsp3) is 0.273. The number of aryl methyl sites for hydroxylation is 1. The van der Waals surface area contributed by atoms with E-state index in [1.54, 1.807) is 19.2 Å². The molecule has 0 saturated carbocycles. The number of nitrogens with zero attached hydrogens (tertiary/aromatic N) is 3. The van der Waals surface area contributed by atoms with Gasteiger partial charge in [-0.3, -0.25) is 9.48 Å². The van der Waals surface area contributed by atoms with Crippen LogP contribution in [0.15, 0.2) is 36.4 Å². The summed E-state index contributed by atoms with van der Waals surface area (Å²) in [4.78, 5) is 14.6. The summed E-state index contributed by atoms with van der Waals surface area (Å²) < 4.78 is 46.7. The molecule has 0 bridgehead atoms. The third kappa shape index (κ3) is 3.93. The van der Waals surface area contributed by atoms with Gasteiger partial charge in [0.05, 0.1) is 16.3 Å². The summed E-state index contributed by atoms with van der Waals surface area (Å²) >= 11 is 6.32. The quantitative estimate of drug-likeness (QED) is 0.619. The van der Waals surface area contributed by atoms with E-state index >= 15 is 0 Å². The van der Waals surface area contributed by atoms with E-state index in [0.717, 1.165) is 11.6 Å². The number of aromatic nitrogens is 2. The zero-order chi connectivity index (χ0) is 23.0. The minimum absolute atomic E-state index is 0.0703. The summed E-state index contributed by atoms with van der Waals surface area (Å²) in [6.07, 6.45) is -0.512. The van der Waals surface area contributed by atoms with Crippen LogP contribution in [0.2, 0.25) is 5.02 Å². The van der Waals surface area contributed by atoms with Crippen molar-refractivity contribution in [3.05, 3.63) is 69.9 Å². The molecule has 1 atom stereocenters. The molecule has 2 N–H and O–H groups in total. The van der Waals surface area contributed by atoms with Crippen LogP contribution in [0.5, 0.6) is 5.75 Å². The first-order valence-electron chi connectivity index (χ1n) is 9.88. The second-order valence-electron chi connectivity index (χ2n) is 7.34. The molecule has 1 aliphatic rings. The van der Waals surface area contributed by atoms with Crippen LogP contribution in [0.3, 0.4) is 0 Å². The lowest BCUT2D eigenvalue weighted by Crippen LogP contribution is -2.44. The molecule has 0 unspecified atom stereocenters. The number of hydrogen-bond acceptors (Lipinski definition) is 4. The number of hydrogen-bond donors (Lipinski definition) is 1. The van der Waals surface area contributed by atoms with Gasteiger partial charge in [0, 0.05) is 30.8 Å². The maximum absolute atomic E-state index is 13.8. The Balaban J connectivity index is 1.67. The van der Waals surface area contributed by atoms with Crippen LogP contribution < -0.4 is 10.5 Å². The lowest BCUT2D eigenvalue weighted by molar-refractivity contribution is 0.0661. The largest absolute Gasteiger partial charge is 0.489 e. The predicted molar refractivity (Wildman–Crippen MR) is 113 cm³/mol. The lowest BCUT2D eigenvalue weighted by atomic mass is 9.97. The SMILES string of the molecule is Cn1nc2c(c1-c1cc(F)cc(F)c1)CCN(C(=O)c1cccc(OCCF)c1Cl)[C@H]2N. The number of amides is 1. The predicted octanol–water partition coefficient (Wildman–Crippen LogP) is 4.02. The van der Waals surface area contributed by atoms with E-state index in [4.69, 9.17) is 22.1 Å². The van der Waals surface area contributed by atoms with Gasteiger partial charge in [0.2, 0.25) is 0 Å². The van der Waals surface area contributed by atoms with Crippen molar-refractivity contribution in [2.45, 2.75) is 12.6 Å². The van der Waals surface area contributed by atoms with Crippen molar-refractivity contribution < 1.29 is 22.7 Å². The normalized spacial score (nSPS) is 15.6. The maximum Gasteiger partial charge on any atom is 0.257 e.